The van der Waals surface area contributed by atoms with Crippen LogP contribution in [-0.4, -0.2) is 46.3 Å². The van der Waals surface area contributed by atoms with Crippen molar-refractivity contribution in [1.29, 1.82) is 0 Å². The van der Waals surface area contributed by atoms with Crippen LogP contribution in [0.3, 0.4) is 0 Å². The van der Waals surface area contributed by atoms with Crippen molar-refractivity contribution in [2.45, 2.75) is 154 Å². The van der Waals surface area contributed by atoms with Crippen LogP contribution in [0.4, 0.5) is 0 Å². The van der Waals surface area contributed by atoms with Gasteiger partial charge in [0, 0.05) is 6.42 Å². The van der Waals surface area contributed by atoms with Gasteiger partial charge in [0.05, 0.1) is 19.0 Å². The number of unbranched alkanes of at least 4 members (excludes halogenated alkanes) is 12. The molecule has 9 heteroatoms. The van der Waals surface area contributed by atoms with Gasteiger partial charge in [-0.3, -0.25) is 9.32 Å². The highest BCUT2D eigenvalue weighted by molar-refractivity contribution is 7.46. The van der Waals surface area contributed by atoms with Crippen molar-refractivity contribution < 1.29 is 38.3 Å². The molecule has 1 unspecified atom stereocenters. The van der Waals surface area contributed by atoms with Crippen LogP contribution in [0, 0.1) is 0 Å². The van der Waals surface area contributed by atoms with E-state index in [2.05, 4.69) is 48.8 Å². The molecule has 0 rings (SSSR count). The summed E-state index contributed by atoms with van der Waals surface area (Å²) in [6.07, 6.45) is 47.2. The number of allylic oxidation sites excluding steroid dienone is 11. The first-order chi connectivity index (χ1) is 24.3. The third-order valence-corrected chi connectivity index (χ3v) is 8.13. The van der Waals surface area contributed by atoms with Crippen LogP contribution >= 0.6 is 7.82 Å². The maximum atomic E-state index is 12.2. The van der Waals surface area contributed by atoms with Gasteiger partial charge in [-0.25, -0.2) is 4.57 Å². The normalized spacial score (nSPS) is 14.2. The van der Waals surface area contributed by atoms with E-state index in [0.717, 1.165) is 44.9 Å². The largest absolute Gasteiger partial charge is 0.492 e. The lowest BCUT2D eigenvalue weighted by atomic mass is 10.0. The molecule has 0 aliphatic rings. The van der Waals surface area contributed by atoms with Gasteiger partial charge in [0.15, 0.2) is 6.10 Å². The van der Waals surface area contributed by atoms with Crippen molar-refractivity contribution >= 4 is 13.8 Å². The van der Waals surface area contributed by atoms with E-state index in [4.69, 9.17) is 19.3 Å². The highest BCUT2D eigenvalue weighted by atomic mass is 31.2. The minimum atomic E-state index is -4.67. The molecule has 0 aliphatic heterocycles. The first kappa shape index (κ1) is 47.5. The minimum Gasteiger partial charge on any atom is -0.492 e. The molecule has 50 heavy (non-hydrogen) atoms. The maximum absolute atomic E-state index is 12.2. The summed E-state index contributed by atoms with van der Waals surface area (Å²) in [4.78, 5) is 30.3. The van der Waals surface area contributed by atoms with Crippen molar-refractivity contribution in [1.82, 2.24) is 0 Å². The molecule has 0 amide bonds. The molecule has 0 fully saturated rings. The number of aliphatic hydroxyl groups is 1. The molecule has 0 aliphatic carbocycles. The zero-order valence-electron chi connectivity index (χ0n) is 31.1. The molecule has 0 aromatic rings. The fraction of sp³-hybridized carbons (Fsp3) is 0.634. The molecular formula is C41H69O8P. The predicted octanol–water partition coefficient (Wildman–Crippen LogP) is 11.1. The molecule has 2 atom stereocenters. The molecule has 0 aromatic heterocycles. The highest BCUT2D eigenvalue weighted by Gasteiger charge is 2.20. The molecule has 3 N–H and O–H groups in total. The number of hydrogen-bond donors (Lipinski definition) is 3. The zero-order chi connectivity index (χ0) is 36.8. The van der Waals surface area contributed by atoms with Crippen molar-refractivity contribution in [3.8, 4) is 0 Å². The summed E-state index contributed by atoms with van der Waals surface area (Å²) in [6.45, 7) is 3.77. The fourth-order valence-electron chi connectivity index (χ4n) is 4.77. The number of hydrogen-bond acceptors (Lipinski definition) is 6. The lowest BCUT2D eigenvalue weighted by Gasteiger charge is -2.17. The smallest absolute Gasteiger partial charge is 0.469 e. The Labute approximate surface area is 304 Å². The third kappa shape index (κ3) is 38.3. The number of phosphoric ester groups is 1. The van der Waals surface area contributed by atoms with Crippen molar-refractivity contribution in [2.75, 3.05) is 13.2 Å². The second-order valence-corrected chi connectivity index (χ2v) is 13.7. The Bertz CT molecular complexity index is 1040. The number of carbonyl (C=O) groups excluding carboxylic acids is 1. The lowest BCUT2D eigenvalue weighted by Crippen LogP contribution is -2.25. The van der Waals surface area contributed by atoms with Gasteiger partial charge >= 0.3 is 13.8 Å². The molecule has 0 saturated heterocycles. The molecular weight excluding hydrogens is 651 g/mol. The highest BCUT2D eigenvalue weighted by Crippen LogP contribution is 2.35. The predicted molar refractivity (Wildman–Crippen MR) is 208 cm³/mol. The monoisotopic (exact) mass is 720 g/mol. The van der Waals surface area contributed by atoms with Crippen LogP contribution in [0.15, 0.2) is 85.3 Å². The summed E-state index contributed by atoms with van der Waals surface area (Å²) < 4.78 is 26.6. The van der Waals surface area contributed by atoms with Crippen LogP contribution in [0.1, 0.15) is 142 Å². The summed E-state index contributed by atoms with van der Waals surface area (Å²) in [5, 5.41) is 9.80. The van der Waals surface area contributed by atoms with Crippen LogP contribution in [0.5, 0.6) is 0 Å². The zero-order valence-corrected chi connectivity index (χ0v) is 32.0. The summed E-state index contributed by atoms with van der Waals surface area (Å²) in [5.41, 5.74) is 0. The molecule has 0 saturated carbocycles. The summed E-state index contributed by atoms with van der Waals surface area (Å²) in [6, 6.07) is 0. The quantitative estimate of drug-likeness (QED) is 0.0150. The van der Waals surface area contributed by atoms with Gasteiger partial charge in [-0.2, -0.15) is 0 Å². The van der Waals surface area contributed by atoms with Crippen molar-refractivity contribution in [2.24, 2.45) is 0 Å². The summed E-state index contributed by atoms with van der Waals surface area (Å²) in [5.74, 6) is -0.412. The van der Waals surface area contributed by atoms with Crippen molar-refractivity contribution in [3.05, 3.63) is 85.3 Å². The first-order valence-electron chi connectivity index (χ1n) is 19.1. The number of phosphoric acid groups is 1. The number of esters is 1. The number of rotatable bonds is 34. The van der Waals surface area contributed by atoms with Gasteiger partial charge in [0.25, 0.3) is 0 Å². The van der Waals surface area contributed by atoms with Gasteiger partial charge < -0.3 is 24.4 Å². The Morgan fingerprint density at radius 2 is 1.24 bits per heavy atom. The first-order valence-corrected chi connectivity index (χ1v) is 20.6. The molecule has 286 valence electrons. The van der Waals surface area contributed by atoms with Crippen molar-refractivity contribution in [3.63, 3.8) is 0 Å². The number of ether oxygens (including phenoxy) is 2. The average molecular weight is 721 g/mol. The van der Waals surface area contributed by atoms with Crippen LogP contribution in [0.2, 0.25) is 0 Å². The van der Waals surface area contributed by atoms with Gasteiger partial charge in [-0.1, -0.05) is 157 Å². The van der Waals surface area contributed by atoms with E-state index in [-0.39, 0.29) is 13.0 Å². The van der Waals surface area contributed by atoms with Gasteiger partial charge in [0.2, 0.25) is 0 Å². The van der Waals surface area contributed by atoms with E-state index in [1.54, 1.807) is 6.08 Å². The SMILES string of the molecule is CC/C=C\CC(O)/C=C/C=C/C/C=C\C/C=C\C/C=C\CCC(=O)OC[C@H](COP(=O)(O)O)O/C=C/CCCCCCCCCCCCCC. The second-order valence-electron chi connectivity index (χ2n) is 12.4. The van der Waals surface area contributed by atoms with Gasteiger partial charge in [-0.05, 0) is 57.4 Å². The summed E-state index contributed by atoms with van der Waals surface area (Å²) in [7, 11) is -4.67. The lowest BCUT2D eigenvalue weighted by molar-refractivity contribution is -0.147. The molecule has 0 spiro atoms. The Morgan fingerprint density at radius 1 is 0.660 bits per heavy atom. The minimum absolute atomic E-state index is 0.158. The van der Waals surface area contributed by atoms with E-state index in [0.29, 0.717) is 12.8 Å². The Hall–Kier alpha value is -2.48. The maximum Gasteiger partial charge on any atom is 0.469 e. The van der Waals surface area contributed by atoms with Gasteiger partial charge in [-0.15, -0.1) is 0 Å². The van der Waals surface area contributed by atoms with E-state index >= 15 is 0 Å². The molecule has 0 radical (unpaired) electrons. The van der Waals surface area contributed by atoms with Crippen LogP contribution < -0.4 is 0 Å². The second kappa shape index (κ2) is 36.3. The van der Waals surface area contributed by atoms with E-state index in [1.165, 1.54) is 70.5 Å². The van der Waals surface area contributed by atoms with Crippen LogP contribution in [-0.2, 0) is 23.4 Å². The standard InChI is InChI=1S/C41H69O8P/c1-3-5-7-8-9-10-11-12-16-19-22-25-28-32-36-47-40(38-49-50(44,45)46)37-48-41(43)35-31-27-24-21-18-15-13-14-17-20-23-26-30-34-39(42)33-29-6-4-2/h6,14-15,17-18,23-24,26-27,29-30,32,34,36,39-40,42H,3-5,7-13,16,19-22,25,28,31,33,35,37-38H2,1-2H3,(H2,44,45,46)/b17-14-,18-15-,26-23+,27-24-,29-6-,34-30+,36-32+/t39?,40-/m1/s1. The Morgan fingerprint density at radius 3 is 1.84 bits per heavy atom. The Balaban J connectivity index is 4.08. The van der Waals surface area contributed by atoms with Crippen LogP contribution in [0.25, 0.3) is 0 Å². The average Bonchev–Trinajstić information content (AvgIpc) is 3.08. The molecule has 8 nitrogen and oxygen atoms in total. The van der Waals surface area contributed by atoms with Gasteiger partial charge in [0.1, 0.15) is 6.61 Å². The Kier molecular flexibility index (Phi) is 34.5. The van der Waals surface area contributed by atoms with E-state index in [9.17, 15) is 14.5 Å². The fourth-order valence-corrected chi connectivity index (χ4v) is 5.13. The topological polar surface area (TPSA) is 123 Å². The summed E-state index contributed by atoms with van der Waals surface area (Å²) >= 11 is 0. The number of carbonyl (C=O) groups is 1. The third-order valence-electron chi connectivity index (χ3n) is 7.64. The molecule has 0 heterocycles. The number of aliphatic hydroxyl groups excluding tert-OH is 1. The molecule has 0 bridgehead atoms. The molecule has 0 aromatic carbocycles. The van der Waals surface area contributed by atoms with E-state index < -0.39 is 32.6 Å². The van der Waals surface area contributed by atoms with E-state index in [1.807, 2.05) is 42.5 Å².